The van der Waals surface area contributed by atoms with Gasteiger partial charge in [0.25, 0.3) is 0 Å². The van der Waals surface area contributed by atoms with E-state index in [1.165, 1.54) is 0 Å². The van der Waals surface area contributed by atoms with Gasteiger partial charge in [-0.25, -0.2) is 9.97 Å². The van der Waals surface area contributed by atoms with E-state index >= 15 is 0 Å². The molecule has 1 amide bonds. The van der Waals surface area contributed by atoms with Crippen LogP contribution < -0.4 is 10.6 Å². The van der Waals surface area contributed by atoms with Gasteiger partial charge in [0, 0.05) is 49.6 Å². The van der Waals surface area contributed by atoms with Gasteiger partial charge in [-0.2, -0.15) is 0 Å². The van der Waals surface area contributed by atoms with Gasteiger partial charge in [-0.1, -0.05) is 6.07 Å². The Bertz CT molecular complexity index is 1260. The Kier molecular flexibility index (Phi) is 12.4. The molecule has 202 valence electrons. The van der Waals surface area contributed by atoms with Crippen molar-refractivity contribution < 1.29 is 9.53 Å². The largest absolute Gasteiger partial charge is 0.383 e. The summed E-state index contributed by atoms with van der Waals surface area (Å²) in [6.07, 6.45) is 7.14. The first kappa shape index (κ1) is 31.6. The van der Waals surface area contributed by atoms with Gasteiger partial charge < -0.3 is 19.9 Å². The fraction of sp³-hybridized carbons (Fsp3) is 0.417. The third-order valence-corrected chi connectivity index (χ3v) is 8.38. The first-order valence-electron chi connectivity index (χ1n) is 11.4. The number of nitrogens with one attached hydrogen (secondary N) is 2. The summed E-state index contributed by atoms with van der Waals surface area (Å²) in [5.74, 6) is 0.317. The number of amides is 1. The normalized spacial score (nSPS) is 18.1. The fourth-order valence-electron chi connectivity index (χ4n) is 4.31. The molecular formula is C24H31Cl3N6O2S2. The summed E-state index contributed by atoms with van der Waals surface area (Å²) >= 11 is 3.42. The summed E-state index contributed by atoms with van der Waals surface area (Å²) in [4.78, 5) is 26.7. The van der Waals surface area contributed by atoms with Gasteiger partial charge in [-0.05, 0) is 31.7 Å². The van der Waals surface area contributed by atoms with Crippen molar-refractivity contribution in [2.75, 3.05) is 33.4 Å². The van der Waals surface area contributed by atoms with Gasteiger partial charge in [0.15, 0.2) is 0 Å². The van der Waals surface area contributed by atoms with Crippen LogP contribution in [0.3, 0.4) is 0 Å². The molecule has 2 unspecified atom stereocenters. The molecule has 3 aromatic rings. The lowest BCUT2D eigenvalue weighted by molar-refractivity contribution is -0.120. The van der Waals surface area contributed by atoms with Crippen molar-refractivity contribution in [2.45, 2.75) is 25.0 Å². The second kappa shape index (κ2) is 14.5. The van der Waals surface area contributed by atoms with Crippen molar-refractivity contribution in [2.24, 2.45) is 10.9 Å². The van der Waals surface area contributed by atoms with E-state index in [4.69, 9.17) is 9.72 Å². The lowest BCUT2D eigenvalue weighted by Gasteiger charge is -2.20. The van der Waals surface area contributed by atoms with E-state index in [0.717, 1.165) is 56.7 Å². The van der Waals surface area contributed by atoms with Crippen LogP contribution >= 0.6 is 60.3 Å². The Morgan fingerprint density at radius 1 is 1.24 bits per heavy atom. The molecule has 0 fully saturated rings. The predicted octanol–water partition coefficient (Wildman–Crippen LogP) is 4.67. The van der Waals surface area contributed by atoms with Gasteiger partial charge in [-0.15, -0.1) is 60.3 Å². The molecule has 0 radical (unpaired) electrons. The molecule has 2 aliphatic heterocycles. The molecule has 0 saturated carbocycles. The SMILES string of the molecule is COCCNCCC(=O)NC1=C(c2nc3c(-n4cnc(C)c4)cccc3s2)C2CC=NCC2S1.Cl.Cl.Cl. The number of allylic oxidation sites excluding steroid dienone is 1. The van der Waals surface area contributed by atoms with E-state index in [9.17, 15) is 4.79 Å². The average Bonchev–Trinajstić information content (AvgIpc) is 3.54. The maximum absolute atomic E-state index is 12.7. The molecule has 8 nitrogen and oxygen atoms in total. The minimum atomic E-state index is 0. The summed E-state index contributed by atoms with van der Waals surface area (Å²) in [6, 6.07) is 6.23. The van der Waals surface area contributed by atoms with Crippen LogP contribution in [0.1, 0.15) is 23.5 Å². The highest BCUT2D eigenvalue weighted by Gasteiger charge is 2.39. The van der Waals surface area contributed by atoms with Crippen LogP contribution in [0, 0.1) is 12.8 Å². The summed E-state index contributed by atoms with van der Waals surface area (Å²) < 4.78 is 8.18. The number of thiazole rings is 1. The molecule has 5 rings (SSSR count). The summed E-state index contributed by atoms with van der Waals surface area (Å²) in [7, 11) is 1.67. The zero-order valence-electron chi connectivity index (χ0n) is 20.5. The molecule has 2 aromatic heterocycles. The van der Waals surface area contributed by atoms with Crippen LogP contribution in [-0.2, 0) is 9.53 Å². The number of aromatic nitrogens is 3. The molecule has 2 aliphatic rings. The molecule has 13 heteroatoms. The summed E-state index contributed by atoms with van der Waals surface area (Å²) in [5, 5.41) is 8.67. The molecule has 2 atom stereocenters. The van der Waals surface area contributed by atoms with Crippen molar-refractivity contribution >= 4 is 88.2 Å². The lowest BCUT2D eigenvalue weighted by Crippen LogP contribution is -2.28. The molecule has 37 heavy (non-hydrogen) atoms. The number of carbonyl (C=O) groups is 1. The van der Waals surface area contributed by atoms with Crippen LogP contribution in [-0.4, -0.2) is 65.3 Å². The van der Waals surface area contributed by atoms with Crippen LogP contribution in [0.2, 0.25) is 0 Å². The number of benzene rings is 1. The number of aryl methyl sites for hydroxylation is 1. The maximum atomic E-state index is 12.7. The highest BCUT2D eigenvalue weighted by atomic mass is 35.5. The number of carbonyl (C=O) groups excluding carboxylic acids is 1. The Balaban J connectivity index is 0.00000160. The Morgan fingerprint density at radius 3 is 2.84 bits per heavy atom. The zero-order chi connectivity index (χ0) is 23.5. The highest BCUT2D eigenvalue weighted by Crippen LogP contribution is 2.49. The minimum absolute atomic E-state index is 0. The van der Waals surface area contributed by atoms with E-state index in [1.807, 2.05) is 30.2 Å². The quantitative estimate of drug-likeness (QED) is 0.344. The minimum Gasteiger partial charge on any atom is -0.383 e. The molecule has 0 saturated heterocycles. The molecule has 0 aliphatic carbocycles. The van der Waals surface area contributed by atoms with Crippen LogP contribution in [0.4, 0.5) is 0 Å². The van der Waals surface area contributed by atoms with Crippen LogP contribution in [0.15, 0.2) is 40.7 Å². The number of ether oxygens (including phenoxy) is 1. The molecule has 0 spiro atoms. The van der Waals surface area contributed by atoms with E-state index in [0.29, 0.717) is 30.7 Å². The third kappa shape index (κ3) is 7.06. The number of hydrogen-bond donors (Lipinski definition) is 2. The van der Waals surface area contributed by atoms with Crippen LogP contribution in [0.5, 0.6) is 0 Å². The fourth-order valence-corrected chi connectivity index (χ4v) is 6.89. The topological polar surface area (TPSA) is 93.4 Å². The number of para-hydroxylation sites is 1. The lowest BCUT2D eigenvalue weighted by atomic mass is 9.92. The first-order valence-corrected chi connectivity index (χ1v) is 13.1. The van der Waals surface area contributed by atoms with E-state index in [2.05, 4.69) is 38.8 Å². The van der Waals surface area contributed by atoms with Crippen molar-refractivity contribution in [3.8, 4) is 5.69 Å². The number of fused-ring (bicyclic) bond motifs is 2. The monoisotopic (exact) mass is 604 g/mol. The second-order valence-electron chi connectivity index (χ2n) is 8.40. The molecular weight excluding hydrogens is 575 g/mol. The van der Waals surface area contributed by atoms with Crippen molar-refractivity contribution in [1.82, 2.24) is 25.2 Å². The highest BCUT2D eigenvalue weighted by molar-refractivity contribution is 8.04. The maximum Gasteiger partial charge on any atom is 0.226 e. The standard InChI is InChI=1S/C24H28N6O2S2.3ClH/c1-15-13-30(14-27-15)17-4-3-5-18-22(17)29-24(33-18)21-16-6-8-26-12-19(16)34-23(21)28-20(31)7-9-25-10-11-32-2;;;/h3-5,8,13-14,16,19,25H,6-7,9-12H2,1-2H3,(H,28,31);3*1H. The molecule has 0 bridgehead atoms. The Morgan fingerprint density at radius 2 is 2.08 bits per heavy atom. The van der Waals surface area contributed by atoms with E-state index < -0.39 is 0 Å². The number of aliphatic imine (C=N–C) groups is 1. The second-order valence-corrected chi connectivity index (χ2v) is 10.7. The molecule has 2 N–H and O–H groups in total. The summed E-state index contributed by atoms with van der Waals surface area (Å²) in [6.45, 7) is 4.73. The average molecular weight is 606 g/mol. The first-order chi connectivity index (χ1) is 16.6. The number of rotatable bonds is 9. The Hall–Kier alpha value is -1.66. The van der Waals surface area contributed by atoms with Crippen molar-refractivity contribution in [1.29, 1.82) is 0 Å². The molecule has 4 heterocycles. The van der Waals surface area contributed by atoms with Crippen molar-refractivity contribution in [3.05, 3.63) is 46.5 Å². The number of halogens is 3. The molecule has 1 aromatic carbocycles. The van der Waals surface area contributed by atoms with Gasteiger partial charge in [-0.3, -0.25) is 9.79 Å². The van der Waals surface area contributed by atoms with Gasteiger partial charge in [0.05, 0.1) is 40.6 Å². The number of nitrogens with zero attached hydrogens (tertiary/aromatic N) is 4. The van der Waals surface area contributed by atoms with Crippen molar-refractivity contribution in [3.63, 3.8) is 0 Å². The van der Waals surface area contributed by atoms with E-state index in [-0.39, 0.29) is 43.1 Å². The van der Waals surface area contributed by atoms with Gasteiger partial charge in [0.2, 0.25) is 5.91 Å². The van der Waals surface area contributed by atoms with E-state index in [1.54, 1.807) is 30.2 Å². The number of methoxy groups -OCH3 is 1. The smallest absolute Gasteiger partial charge is 0.226 e. The number of imidazole rings is 1. The summed E-state index contributed by atoms with van der Waals surface area (Å²) in [5.41, 5.74) is 4.09. The van der Waals surface area contributed by atoms with Crippen LogP contribution in [0.25, 0.3) is 21.5 Å². The predicted molar refractivity (Wildman–Crippen MR) is 160 cm³/mol. The van der Waals surface area contributed by atoms with Gasteiger partial charge in [0.1, 0.15) is 10.5 Å². The van der Waals surface area contributed by atoms with Gasteiger partial charge >= 0.3 is 0 Å². The number of thioether (sulfide) groups is 1. The zero-order valence-corrected chi connectivity index (χ0v) is 24.6. The Labute approximate surface area is 243 Å². The number of hydrogen-bond acceptors (Lipinski definition) is 8. The third-order valence-electron chi connectivity index (χ3n) is 5.99.